The molecule has 0 radical (unpaired) electrons. The number of aromatic nitrogens is 1. The number of nitrogens with zero attached hydrogens (tertiary/aromatic N) is 3. The predicted molar refractivity (Wildman–Crippen MR) is 96.0 cm³/mol. The number of anilines is 1. The molecule has 2 aromatic carbocycles. The third-order valence-electron chi connectivity index (χ3n) is 4.47. The van der Waals surface area contributed by atoms with E-state index in [0.717, 1.165) is 0 Å². The van der Waals surface area contributed by atoms with E-state index in [1.165, 1.54) is 24.3 Å². The van der Waals surface area contributed by atoms with Crippen molar-refractivity contribution in [3.8, 4) is 11.8 Å². The number of non-ortho nitro benzene ring substituents is 1. The molecule has 4 rings (SSSR count). The van der Waals surface area contributed by atoms with Crippen molar-refractivity contribution >= 4 is 22.4 Å². The molecule has 2 heterocycles. The topological polar surface area (TPSA) is 101 Å². The fourth-order valence-electron chi connectivity index (χ4n) is 3.21. The van der Waals surface area contributed by atoms with Crippen molar-refractivity contribution in [3.05, 3.63) is 69.5 Å². The van der Waals surface area contributed by atoms with Crippen LogP contribution in [0, 0.1) is 27.3 Å². The standard InChI is InChI=1S/C19H13FN4O3/c20-15-3-1-2-13-17(6-7-27-19(13)15)23-18-8-11(10-21)14-9-12(24(25)26)4-5-16(14)22-18/h1-5,8-9,17H,6-7H2,(H,22,23)/t17-/m0/s1. The summed E-state index contributed by atoms with van der Waals surface area (Å²) in [6, 6.07) is 12.3. The van der Waals surface area contributed by atoms with Crippen molar-refractivity contribution in [2.45, 2.75) is 12.5 Å². The summed E-state index contributed by atoms with van der Waals surface area (Å²) in [7, 11) is 0. The number of nitriles is 1. The summed E-state index contributed by atoms with van der Waals surface area (Å²) in [5.41, 5.74) is 1.33. The Bertz CT molecular complexity index is 1110. The smallest absolute Gasteiger partial charge is 0.270 e. The summed E-state index contributed by atoms with van der Waals surface area (Å²) in [5, 5.41) is 24.0. The van der Waals surface area contributed by atoms with Crippen molar-refractivity contribution in [2.75, 3.05) is 11.9 Å². The van der Waals surface area contributed by atoms with Gasteiger partial charge in [0.25, 0.3) is 5.69 Å². The third kappa shape index (κ3) is 3.00. The molecule has 7 nitrogen and oxygen atoms in total. The quantitative estimate of drug-likeness (QED) is 0.555. The van der Waals surface area contributed by atoms with E-state index in [9.17, 15) is 19.8 Å². The number of halogens is 1. The highest BCUT2D eigenvalue weighted by Gasteiger charge is 2.24. The first-order valence-electron chi connectivity index (χ1n) is 8.24. The first-order chi connectivity index (χ1) is 13.1. The van der Waals surface area contributed by atoms with Gasteiger partial charge in [0, 0.05) is 29.5 Å². The Morgan fingerprint density at radius 2 is 2.19 bits per heavy atom. The fourth-order valence-corrected chi connectivity index (χ4v) is 3.21. The SMILES string of the molecule is N#Cc1cc(N[C@H]2CCOc3c(F)cccc32)nc2ccc([N+](=O)[O-])cc12. The van der Waals surface area contributed by atoms with Gasteiger partial charge < -0.3 is 10.1 Å². The lowest BCUT2D eigenvalue weighted by molar-refractivity contribution is -0.384. The van der Waals surface area contributed by atoms with Crippen LogP contribution in [0.4, 0.5) is 15.9 Å². The number of fused-ring (bicyclic) bond motifs is 2. The van der Waals surface area contributed by atoms with E-state index in [0.29, 0.717) is 35.3 Å². The Kier molecular flexibility index (Phi) is 4.05. The minimum absolute atomic E-state index is 0.102. The Morgan fingerprint density at radius 3 is 2.96 bits per heavy atom. The number of nitro benzene ring substituents is 1. The monoisotopic (exact) mass is 364 g/mol. The number of pyridine rings is 1. The molecule has 0 spiro atoms. The lowest BCUT2D eigenvalue weighted by atomic mass is 10.00. The molecule has 1 N–H and O–H groups in total. The number of nitrogens with one attached hydrogen (secondary N) is 1. The van der Waals surface area contributed by atoms with Gasteiger partial charge in [-0.1, -0.05) is 12.1 Å². The van der Waals surface area contributed by atoms with Crippen LogP contribution in [0.1, 0.15) is 23.6 Å². The van der Waals surface area contributed by atoms with E-state index in [2.05, 4.69) is 16.4 Å². The van der Waals surface area contributed by atoms with Crippen LogP contribution < -0.4 is 10.1 Å². The molecule has 0 bridgehead atoms. The minimum atomic E-state index is -0.514. The van der Waals surface area contributed by atoms with Gasteiger partial charge in [-0.15, -0.1) is 0 Å². The Balaban J connectivity index is 1.74. The van der Waals surface area contributed by atoms with Gasteiger partial charge in [0.1, 0.15) is 5.82 Å². The normalized spacial score (nSPS) is 15.5. The van der Waals surface area contributed by atoms with Crippen molar-refractivity contribution in [3.63, 3.8) is 0 Å². The van der Waals surface area contributed by atoms with Crippen LogP contribution in [0.2, 0.25) is 0 Å². The number of rotatable bonds is 3. The van der Waals surface area contributed by atoms with Gasteiger partial charge in [-0.05, 0) is 18.2 Å². The number of nitro groups is 1. The van der Waals surface area contributed by atoms with Crippen molar-refractivity contribution in [1.29, 1.82) is 5.26 Å². The van der Waals surface area contributed by atoms with E-state index < -0.39 is 10.7 Å². The summed E-state index contributed by atoms with van der Waals surface area (Å²) in [5.74, 6) is 0.240. The lowest BCUT2D eigenvalue weighted by Crippen LogP contribution is -2.21. The first-order valence-corrected chi connectivity index (χ1v) is 8.24. The molecule has 0 saturated heterocycles. The molecular weight excluding hydrogens is 351 g/mol. The van der Waals surface area contributed by atoms with Gasteiger partial charge in [-0.25, -0.2) is 9.37 Å². The van der Waals surface area contributed by atoms with Crippen molar-refractivity contribution in [1.82, 2.24) is 4.98 Å². The molecule has 134 valence electrons. The summed E-state index contributed by atoms with van der Waals surface area (Å²) in [6.07, 6.45) is 0.609. The van der Waals surface area contributed by atoms with Crippen molar-refractivity contribution < 1.29 is 14.1 Å². The molecule has 0 aliphatic carbocycles. The number of benzene rings is 2. The van der Waals surface area contributed by atoms with E-state index in [4.69, 9.17) is 4.74 Å². The molecule has 3 aromatic rings. The maximum absolute atomic E-state index is 13.9. The second-order valence-corrected chi connectivity index (χ2v) is 6.12. The highest BCUT2D eigenvalue weighted by molar-refractivity contribution is 5.88. The highest BCUT2D eigenvalue weighted by atomic mass is 19.1. The summed E-state index contributed by atoms with van der Waals surface area (Å²) >= 11 is 0. The predicted octanol–water partition coefficient (Wildman–Crippen LogP) is 4.09. The highest BCUT2D eigenvalue weighted by Crippen LogP contribution is 2.36. The van der Waals surface area contributed by atoms with Gasteiger partial charge in [0.2, 0.25) is 0 Å². The van der Waals surface area contributed by atoms with Crippen LogP contribution in [0.5, 0.6) is 5.75 Å². The zero-order valence-electron chi connectivity index (χ0n) is 14.0. The average molecular weight is 364 g/mol. The van der Waals surface area contributed by atoms with Crippen LogP contribution in [0.15, 0.2) is 42.5 Å². The van der Waals surface area contributed by atoms with E-state index in [1.807, 2.05) is 0 Å². The number of hydrogen-bond donors (Lipinski definition) is 1. The molecule has 1 aliphatic rings. The molecular formula is C19H13FN4O3. The lowest BCUT2D eigenvalue weighted by Gasteiger charge is -2.27. The zero-order chi connectivity index (χ0) is 19.0. The second-order valence-electron chi connectivity index (χ2n) is 6.12. The van der Waals surface area contributed by atoms with Gasteiger partial charge >= 0.3 is 0 Å². The summed E-state index contributed by atoms with van der Waals surface area (Å²) in [4.78, 5) is 14.9. The molecule has 1 aliphatic heterocycles. The van der Waals surface area contributed by atoms with Crippen LogP contribution in [-0.4, -0.2) is 16.5 Å². The Labute approximate surface area is 153 Å². The molecule has 0 fully saturated rings. The van der Waals surface area contributed by atoms with Gasteiger partial charge in [0.05, 0.1) is 34.7 Å². The number of hydrogen-bond acceptors (Lipinski definition) is 6. The summed E-state index contributed by atoms with van der Waals surface area (Å²) < 4.78 is 19.4. The van der Waals surface area contributed by atoms with Gasteiger partial charge in [-0.3, -0.25) is 10.1 Å². The van der Waals surface area contributed by atoms with E-state index >= 15 is 0 Å². The average Bonchev–Trinajstić information content (AvgIpc) is 2.67. The zero-order valence-corrected chi connectivity index (χ0v) is 14.0. The van der Waals surface area contributed by atoms with E-state index in [-0.39, 0.29) is 23.0 Å². The van der Waals surface area contributed by atoms with Crippen LogP contribution in [0.25, 0.3) is 10.9 Å². The molecule has 8 heteroatoms. The number of ether oxygens (including phenoxy) is 1. The van der Waals surface area contributed by atoms with Gasteiger partial charge in [-0.2, -0.15) is 5.26 Å². The summed E-state index contributed by atoms with van der Waals surface area (Å²) in [6.45, 7) is 0.358. The van der Waals surface area contributed by atoms with Gasteiger partial charge in [0.15, 0.2) is 11.6 Å². The first kappa shape index (κ1) is 16.7. The Hall–Kier alpha value is -3.73. The Morgan fingerprint density at radius 1 is 1.33 bits per heavy atom. The molecule has 27 heavy (non-hydrogen) atoms. The largest absolute Gasteiger partial charge is 0.490 e. The van der Waals surface area contributed by atoms with Crippen molar-refractivity contribution in [2.24, 2.45) is 0 Å². The van der Waals surface area contributed by atoms with Crippen LogP contribution in [0.3, 0.4) is 0 Å². The fraction of sp³-hybridized carbons (Fsp3) is 0.158. The molecule has 1 atom stereocenters. The minimum Gasteiger partial charge on any atom is -0.490 e. The maximum Gasteiger partial charge on any atom is 0.270 e. The van der Waals surface area contributed by atoms with Crippen LogP contribution >= 0.6 is 0 Å². The maximum atomic E-state index is 13.9. The molecule has 1 aromatic heterocycles. The second kappa shape index (κ2) is 6.53. The molecule has 0 saturated carbocycles. The third-order valence-corrected chi connectivity index (χ3v) is 4.47. The number of para-hydroxylation sites is 1. The molecule has 0 unspecified atom stereocenters. The molecule has 0 amide bonds. The van der Waals surface area contributed by atoms with E-state index in [1.54, 1.807) is 18.2 Å². The van der Waals surface area contributed by atoms with Crippen LogP contribution in [-0.2, 0) is 0 Å².